The molecule has 2 nitrogen and oxygen atoms in total. The van der Waals surface area contributed by atoms with E-state index in [2.05, 4.69) is 4.74 Å². The summed E-state index contributed by atoms with van der Waals surface area (Å²) in [5.74, 6) is -0.269. The molecule has 0 N–H and O–H groups in total. The maximum absolute atomic E-state index is 10.3. The summed E-state index contributed by atoms with van der Waals surface area (Å²) in [4.78, 5) is 10.3. The van der Waals surface area contributed by atoms with E-state index in [1.807, 2.05) is 0 Å². The topological polar surface area (TPSA) is 26.3 Å². The van der Waals surface area contributed by atoms with Gasteiger partial charge in [0.2, 0.25) is 0 Å². The minimum Gasteiger partial charge on any atom is -0.463 e. The largest absolute Gasteiger partial charge is 0.463 e. The molecule has 0 aliphatic rings. The summed E-state index contributed by atoms with van der Waals surface area (Å²) in [6.07, 6.45) is 3.04. The monoisotopic (exact) mass is 134 g/mol. The molecule has 0 atom stereocenters. The molecule has 0 spiro atoms. The Balaban J connectivity index is 0. The zero-order valence-corrected chi connectivity index (χ0v) is 5.59. The van der Waals surface area contributed by atoms with Gasteiger partial charge in [0.1, 0.15) is 0 Å². The van der Waals surface area contributed by atoms with Crippen LogP contribution in [-0.4, -0.2) is 12.6 Å². The zero-order valence-electron chi connectivity index (χ0n) is 5.59. The van der Waals surface area contributed by atoms with Crippen molar-refractivity contribution in [2.75, 3.05) is 6.61 Å². The minimum absolute atomic E-state index is 0. The second-order valence-corrected chi connectivity index (χ2v) is 1.25. The van der Waals surface area contributed by atoms with Gasteiger partial charge in [0.15, 0.2) is 0 Å². The number of esters is 1. The van der Waals surface area contributed by atoms with Crippen LogP contribution in [0.5, 0.6) is 0 Å². The van der Waals surface area contributed by atoms with Gasteiger partial charge < -0.3 is 4.74 Å². The average molecular weight is 134 g/mol. The first-order valence-electron chi connectivity index (χ1n) is 2.60. The van der Waals surface area contributed by atoms with Crippen molar-refractivity contribution in [1.29, 1.82) is 0 Å². The Hall–Kier alpha value is -0.860. The van der Waals surface area contributed by atoms with Crippen LogP contribution in [0.4, 0.5) is 4.70 Å². The molecule has 0 aromatic rings. The van der Waals surface area contributed by atoms with Crippen LogP contribution in [0.2, 0.25) is 0 Å². The second-order valence-electron chi connectivity index (χ2n) is 1.25. The molecule has 54 valence electrons. The van der Waals surface area contributed by atoms with E-state index in [0.717, 1.165) is 0 Å². The highest BCUT2D eigenvalue weighted by atomic mass is 19.0. The van der Waals surface area contributed by atoms with E-state index in [4.69, 9.17) is 0 Å². The summed E-state index contributed by atoms with van der Waals surface area (Å²) in [6, 6.07) is 0. The molecule has 0 saturated heterocycles. The van der Waals surface area contributed by atoms with Crippen LogP contribution in [0.1, 0.15) is 13.8 Å². The van der Waals surface area contributed by atoms with Crippen LogP contribution in [0.15, 0.2) is 12.2 Å². The first-order valence-corrected chi connectivity index (χ1v) is 2.60. The van der Waals surface area contributed by atoms with Crippen molar-refractivity contribution >= 4 is 5.97 Å². The van der Waals surface area contributed by atoms with Crippen LogP contribution in [-0.2, 0) is 9.53 Å². The van der Waals surface area contributed by atoms with Crippen LogP contribution >= 0.6 is 0 Å². The standard InChI is InChI=1S/C6H10O2.FH/c1-3-5-6(7)8-4-2;/h3,5H,4H2,1-2H3;1H/b5-3+;. The lowest BCUT2D eigenvalue weighted by atomic mass is 10.5. The van der Waals surface area contributed by atoms with E-state index in [9.17, 15) is 4.79 Å². The van der Waals surface area contributed by atoms with Gasteiger partial charge in [-0.3, -0.25) is 4.70 Å². The van der Waals surface area contributed by atoms with Gasteiger partial charge in [-0.05, 0) is 13.8 Å². The number of rotatable bonds is 2. The molecule has 0 amide bonds. The lowest BCUT2D eigenvalue weighted by Gasteiger charge is -1.91. The lowest BCUT2D eigenvalue weighted by molar-refractivity contribution is -0.137. The van der Waals surface area contributed by atoms with Crippen LogP contribution in [0.25, 0.3) is 0 Å². The lowest BCUT2D eigenvalue weighted by Crippen LogP contribution is -1.98. The fraction of sp³-hybridized carbons (Fsp3) is 0.500. The molecular weight excluding hydrogens is 123 g/mol. The molecule has 0 saturated carbocycles. The van der Waals surface area contributed by atoms with Crippen molar-refractivity contribution in [3.63, 3.8) is 0 Å². The molecule has 0 bridgehead atoms. The van der Waals surface area contributed by atoms with Crippen molar-refractivity contribution in [3.8, 4) is 0 Å². The van der Waals surface area contributed by atoms with Gasteiger partial charge in [-0.1, -0.05) is 6.08 Å². The Morgan fingerprint density at radius 3 is 2.56 bits per heavy atom. The third-order valence-corrected chi connectivity index (χ3v) is 0.589. The first-order chi connectivity index (χ1) is 3.81. The highest BCUT2D eigenvalue weighted by molar-refractivity contribution is 5.81. The number of hydrogen-bond donors (Lipinski definition) is 0. The van der Waals surface area contributed by atoms with Gasteiger partial charge in [0.25, 0.3) is 0 Å². The molecule has 0 aliphatic heterocycles. The number of allylic oxidation sites excluding steroid dienone is 1. The van der Waals surface area contributed by atoms with Crippen molar-refractivity contribution in [2.45, 2.75) is 13.8 Å². The Morgan fingerprint density at radius 2 is 2.22 bits per heavy atom. The Kier molecular flexibility index (Phi) is 8.73. The summed E-state index contributed by atoms with van der Waals surface area (Å²) in [6.45, 7) is 4.00. The van der Waals surface area contributed by atoms with Gasteiger partial charge >= 0.3 is 5.97 Å². The number of halogens is 1. The van der Waals surface area contributed by atoms with E-state index >= 15 is 0 Å². The molecular formula is C6H11FO2. The first kappa shape index (κ1) is 11.0. The van der Waals surface area contributed by atoms with Crippen molar-refractivity contribution in [3.05, 3.63) is 12.2 Å². The number of carbonyl (C=O) groups is 1. The number of hydrogen-bond acceptors (Lipinski definition) is 2. The van der Waals surface area contributed by atoms with Crippen molar-refractivity contribution in [2.24, 2.45) is 0 Å². The van der Waals surface area contributed by atoms with Gasteiger partial charge in [-0.15, -0.1) is 0 Å². The summed E-state index contributed by atoms with van der Waals surface area (Å²) >= 11 is 0. The molecule has 0 heterocycles. The fourth-order valence-corrected chi connectivity index (χ4v) is 0.326. The van der Waals surface area contributed by atoms with Crippen molar-refractivity contribution < 1.29 is 14.2 Å². The van der Waals surface area contributed by atoms with Crippen LogP contribution < -0.4 is 0 Å². The van der Waals surface area contributed by atoms with Gasteiger partial charge in [-0.2, -0.15) is 0 Å². The number of carbonyl (C=O) groups excluding carboxylic acids is 1. The molecule has 0 radical (unpaired) electrons. The quantitative estimate of drug-likeness (QED) is 0.420. The Bertz CT molecular complexity index is 99.2. The summed E-state index contributed by atoms with van der Waals surface area (Å²) in [5.41, 5.74) is 0. The molecule has 0 unspecified atom stereocenters. The average Bonchev–Trinajstić information content (AvgIpc) is 1.68. The van der Waals surface area contributed by atoms with E-state index in [1.54, 1.807) is 19.9 Å². The number of ether oxygens (including phenoxy) is 1. The zero-order chi connectivity index (χ0) is 6.41. The minimum atomic E-state index is -0.269. The van der Waals surface area contributed by atoms with E-state index in [0.29, 0.717) is 6.61 Å². The summed E-state index contributed by atoms with van der Waals surface area (Å²) < 4.78 is 4.56. The summed E-state index contributed by atoms with van der Waals surface area (Å²) in [5, 5.41) is 0. The highest BCUT2D eigenvalue weighted by Gasteiger charge is 1.88. The van der Waals surface area contributed by atoms with E-state index < -0.39 is 0 Å². The molecule has 3 heteroatoms. The second kappa shape index (κ2) is 7.14. The third kappa shape index (κ3) is 7.14. The molecule has 0 aromatic carbocycles. The van der Waals surface area contributed by atoms with Gasteiger partial charge in [0, 0.05) is 6.08 Å². The van der Waals surface area contributed by atoms with E-state index in [-0.39, 0.29) is 10.7 Å². The maximum atomic E-state index is 10.3. The molecule has 0 fully saturated rings. The van der Waals surface area contributed by atoms with Crippen LogP contribution in [0, 0.1) is 0 Å². The molecule has 0 rings (SSSR count). The fourth-order valence-electron chi connectivity index (χ4n) is 0.326. The summed E-state index contributed by atoms with van der Waals surface area (Å²) in [7, 11) is 0. The molecule has 9 heavy (non-hydrogen) atoms. The predicted molar refractivity (Wildman–Crippen MR) is 33.9 cm³/mol. The van der Waals surface area contributed by atoms with Crippen molar-refractivity contribution in [1.82, 2.24) is 0 Å². The molecule has 0 aromatic heterocycles. The Labute approximate surface area is 53.9 Å². The maximum Gasteiger partial charge on any atom is 0.330 e. The predicted octanol–water partition coefficient (Wildman–Crippen LogP) is 1.28. The SMILES string of the molecule is C/C=C/C(=O)OCC.F. The van der Waals surface area contributed by atoms with Crippen LogP contribution in [0.3, 0.4) is 0 Å². The molecule has 0 aliphatic carbocycles. The highest BCUT2D eigenvalue weighted by Crippen LogP contribution is 1.78. The van der Waals surface area contributed by atoms with Gasteiger partial charge in [0.05, 0.1) is 6.61 Å². The smallest absolute Gasteiger partial charge is 0.330 e. The van der Waals surface area contributed by atoms with Gasteiger partial charge in [-0.25, -0.2) is 4.79 Å². The normalized spacial score (nSPS) is 8.67. The van der Waals surface area contributed by atoms with E-state index in [1.165, 1.54) is 6.08 Å². The third-order valence-electron chi connectivity index (χ3n) is 0.589. The Morgan fingerprint density at radius 1 is 1.67 bits per heavy atom.